The van der Waals surface area contributed by atoms with Crippen molar-refractivity contribution in [2.75, 3.05) is 50.8 Å². The molecule has 0 aromatic heterocycles. The summed E-state index contributed by atoms with van der Waals surface area (Å²) in [6, 6.07) is 5.40. The van der Waals surface area contributed by atoms with Crippen molar-refractivity contribution in [2.45, 2.75) is 35.1 Å². The average Bonchev–Trinajstić information content (AvgIpc) is 3.38. The maximum Gasteiger partial charge on any atom is 0.243 e. The standard InChI is InChI=1S/C18H27N3O6S3/c22-28(23)14-7-16(15-28)19-10-12-21(13-11-19)30(26,27)18-5-3-17(4-6-18)29(24,25)20-8-1-2-9-20/h3-6,16H,1-2,7-15H2/t16-/m1/s1. The fourth-order valence-electron chi connectivity index (χ4n) is 4.38. The first-order chi connectivity index (χ1) is 14.1. The summed E-state index contributed by atoms with van der Waals surface area (Å²) in [5.41, 5.74) is 0. The lowest BCUT2D eigenvalue weighted by atomic mass is 10.2. The molecule has 4 rings (SSSR count). The number of sulfone groups is 1. The van der Waals surface area contributed by atoms with Gasteiger partial charge in [0, 0.05) is 45.3 Å². The summed E-state index contributed by atoms with van der Waals surface area (Å²) in [7, 11) is -10.3. The van der Waals surface area contributed by atoms with Gasteiger partial charge in [-0.3, -0.25) is 4.90 Å². The second-order valence-electron chi connectivity index (χ2n) is 8.08. The molecule has 168 valence electrons. The molecule has 1 aromatic carbocycles. The Hall–Kier alpha value is -1.05. The maximum absolute atomic E-state index is 13.0. The van der Waals surface area contributed by atoms with Crippen LogP contribution in [0.3, 0.4) is 0 Å². The monoisotopic (exact) mass is 477 g/mol. The highest BCUT2D eigenvalue weighted by molar-refractivity contribution is 7.91. The van der Waals surface area contributed by atoms with E-state index in [2.05, 4.69) is 4.90 Å². The van der Waals surface area contributed by atoms with Gasteiger partial charge in [-0.2, -0.15) is 8.61 Å². The van der Waals surface area contributed by atoms with Gasteiger partial charge in [0.2, 0.25) is 20.0 Å². The molecule has 0 saturated carbocycles. The predicted octanol–water partition coefficient (Wildman–Crippen LogP) is -0.0355. The minimum Gasteiger partial charge on any atom is -0.297 e. The molecule has 0 bridgehead atoms. The highest BCUT2D eigenvalue weighted by atomic mass is 32.2. The van der Waals surface area contributed by atoms with Gasteiger partial charge in [-0.15, -0.1) is 0 Å². The van der Waals surface area contributed by atoms with Crippen molar-refractivity contribution in [3.8, 4) is 0 Å². The molecule has 3 fully saturated rings. The van der Waals surface area contributed by atoms with Crippen LogP contribution in [0.4, 0.5) is 0 Å². The SMILES string of the molecule is O=S1(=O)CC[C@@H](N2CCN(S(=O)(=O)c3ccc(S(=O)(=O)N4CCCC4)cc3)CC2)C1. The highest BCUT2D eigenvalue weighted by Crippen LogP contribution is 2.25. The van der Waals surface area contributed by atoms with Gasteiger partial charge in [0.1, 0.15) is 0 Å². The molecule has 12 heteroatoms. The molecule has 3 heterocycles. The molecular formula is C18H27N3O6S3. The lowest BCUT2D eigenvalue weighted by Gasteiger charge is -2.36. The maximum atomic E-state index is 13.0. The van der Waals surface area contributed by atoms with Crippen molar-refractivity contribution in [1.82, 2.24) is 13.5 Å². The van der Waals surface area contributed by atoms with Gasteiger partial charge in [0.25, 0.3) is 0 Å². The quantitative estimate of drug-likeness (QED) is 0.585. The van der Waals surface area contributed by atoms with Gasteiger partial charge in [0.05, 0.1) is 21.3 Å². The van der Waals surface area contributed by atoms with Gasteiger partial charge in [-0.05, 0) is 43.5 Å². The molecule has 0 aliphatic carbocycles. The zero-order chi connectivity index (χ0) is 21.6. The van der Waals surface area contributed by atoms with E-state index in [9.17, 15) is 25.3 Å². The van der Waals surface area contributed by atoms with E-state index in [1.807, 2.05) is 0 Å². The molecular weight excluding hydrogens is 450 g/mol. The van der Waals surface area contributed by atoms with Crippen molar-refractivity contribution in [3.63, 3.8) is 0 Å². The Balaban J connectivity index is 1.43. The molecule has 0 amide bonds. The molecule has 1 aromatic rings. The first kappa shape index (κ1) is 22.2. The van der Waals surface area contributed by atoms with E-state index >= 15 is 0 Å². The van der Waals surface area contributed by atoms with Crippen LogP contribution in [-0.2, 0) is 29.9 Å². The van der Waals surface area contributed by atoms with E-state index < -0.39 is 29.9 Å². The average molecular weight is 478 g/mol. The van der Waals surface area contributed by atoms with E-state index in [1.165, 1.54) is 32.9 Å². The summed E-state index contributed by atoms with van der Waals surface area (Å²) in [4.78, 5) is 2.23. The minimum absolute atomic E-state index is 0.0325. The second kappa shape index (κ2) is 8.14. The largest absolute Gasteiger partial charge is 0.297 e. The number of hydrogen-bond acceptors (Lipinski definition) is 7. The van der Waals surface area contributed by atoms with Crippen LogP contribution in [0.5, 0.6) is 0 Å². The Bertz CT molecular complexity index is 1090. The van der Waals surface area contributed by atoms with Gasteiger partial charge in [-0.1, -0.05) is 0 Å². The van der Waals surface area contributed by atoms with Crippen LogP contribution < -0.4 is 0 Å². The first-order valence-electron chi connectivity index (χ1n) is 10.1. The Kier molecular flexibility index (Phi) is 6.01. The molecule has 3 aliphatic heterocycles. The van der Waals surface area contributed by atoms with Crippen molar-refractivity contribution >= 4 is 29.9 Å². The van der Waals surface area contributed by atoms with Crippen LogP contribution in [0.15, 0.2) is 34.1 Å². The number of piperazine rings is 1. The molecule has 9 nitrogen and oxygen atoms in total. The third-order valence-electron chi connectivity index (χ3n) is 6.16. The van der Waals surface area contributed by atoms with E-state index in [1.54, 1.807) is 0 Å². The fourth-order valence-corrected chi connectivity index (χ4v) is 9.08. The van der Waals surface area contributed by atoms with Crippen LogP contribution in [-0.4, -0.2) is 95.6 Å². The van der Waals surface area contributed by atoms with Crippen LogP contribution in [0.1, 0.15) is 19.3 Å². The van der Waals surface area contributed by atoms with Crippen molar-refractivity contribution in [1.29, 1.82) is 0 Å². The number of nitrogens with zero attached hydrogens (tertiary/aromatic N) is 3. The number of rotatable bonds is 5. The number of benzene rings is 1. The fraction of sp³-hybridized carbons (Fsp3) is 0.667. The molecule has 3 aliphatic rings. The molecule has 0 radical (unpaired) electrons. The molecule has 0 spiro atoms. The smallest absolute Gasteiger partial charge is 0.243 e. The van der Waals surface area contributed by atoms with E-state index in [0.29, 0.717) is 32.6 Å². The minimum atomic E-state index is -3.73. The van der Waals surface area contributed by atoms with Crippen molar-refractivity contribution < 1.29 is 25.3 Å². The lowest BCUT2D eigenvalue weighted by Crippen LogP contribution is -2.52. The van der Waals surface area contributed by atoms with Gasteiger partial charge < -0.3 is 0 Å². The van der Waals surface area contributed by atoms with Crippen molar-refractivity contribution in [2.24, 2.45) is 0 Å². The molecule has 3 saturated heterocycles. The van der Waals surface area contributed by atoms with Crippen LogP contribution in [0.25, 0.3) is 0 Å². The Morgan fingerprint density at radius 3 is 1.63 bits per heavy atom. The molecule has 0 N–H and O–H groups in total. The Labute approximate surface area is 178 Å². The summed E-state index contributed by atoms with van der Waals surface area (Å²) >= 11 is 0. The van der Waals surface area contributed by atoms with Crippen LogP contribution in [0, 0.1) is 0 Å². The highest BCUT2D eigenvalue weighted by Gasteiger charge is 2.36. The Morgan fingerprint density at radius 1 is 0.733 bits per heavy atom. The van der Waals surface area contributed by atoms with Gasteiger partial charge >= 0.3 is 0 Å². The summed E-state index contributed by atoms with van der Waals surface area (Å²) < 4.78 is 77.4. The topological polar surface area (TPSA) is 112 Å². The normalized spacial score (nSPS) is 26.9. The molecule has 30 heavy (non-hydrogen) atoms. The summed E-state index contributed by atoms with van der Waals surface area (Å²) in [6.07, 6.45) is 2.27. The van der Waals surface area contributed by atoms with E-state index in [4.69, 9.17) is 0 Å². The summed E-state index contributed by atoms with van der Waals surface area (Å²) in [6.45, 7) is 2.53. The number of hydrogen-bond donors (Lipinski definition) is 0. The number of sulfonamides is 2. The van der Waals surface area contributed by atoms with Gasteiger partial charge in [0.15, 0.2) is 9.84 Å². The Morgan fingerprint density at radius 2 is 1.20 bits per heavy atom. The summed E-state index contributed by atoms with van der Waals surface area (Å²) in [5, 5.41) is 0. The second-order valence-corrected chi connectivity index (χ2v) is 14.2. The van der Waals surface area contributed by atoms with Crippen LogP contribution in [0.2, 0.25) is 0 Å². The van der Waals surface area contributed by atoms with E-state index in [0.717, 1.165) is 12.8 Å². The zero-order valence-corrected chi connectivity index (χ0v) is 19.1. The third kappa shape index (κ3) is 4.30. The zero-order valence-electron chi connectivity index (χ0n) is 16.7. The first-order valence-corrected chi connectivity index (χ1v) is 14.8. The van der Waals surface area contributed by atoms with E-state index in [-0.39, 0.29) is 40.4 Å². The van der Waals surface area contributed by atoms with Crippen LogP contribution >= 0.6 is 0 Å². The predicted molar refractivity (Wildman–Crippen MR) is 112 cm³/mol. The third-order valence-corrected chi connectivity index (χ3v) is 11.7. The van der Waals surface area contributed by atoms with Crippen molar-refractivity contribution in [3.05, 3.63) is 24.3 Å². The summed E-state index contributed by atoms with van der Waals surface area (Å²) in [5.74, 6) is 0.343. The molecule has 1 atom stereocenters. The lowest BCUT2D eigenvalue weighted by molar-refractivity contribution is 0.148. The molecule has 0 unspecified atom stereocenters. The van der Waals surface area contributed by atoms with Gasteiger partial charge in [-0.25, -0.2) is 25.3 Å².